The molecule has 0 spiro atoms. The highest BCUT2D eigenvalue weighted by Gasteiger charge is 2.11. The fourth-order valence-corrected chi connectivity index (χ4v) is 1.48. The summed E-state index contributed by atoms with van der Waals surface area (Å²) in [5, 5.41) is 8.85. The summed E-state index contributed by atoms with van der Waals surface area (Å²) in [6, 6.07) is 7.10. The van der Waals surface area contributed by atoms with E-state index in [2.05, 4.69) is 9.97 Å². The monoisotopic (exact) mass is 229 g/mol. The Bertz CT molecular complexity index is 564. The molecule has 0 radical (unpaired) electrons. The minimum absolute atomic E-state index is 0.206. The Kier molecular flexibility index (Phi) is 2.74. The number of carboxylic acids is 1. The van der Waals surface area contributed by atoms with E-state index in [4.69, 9.17) is 10.8 Å². The average Bonchev–Trinajstić information content (AvgIpc) is 2.31. The van der Waals surface area contributed by atoms with Crippen LogP contribution in [0.5, 0.6) is 0 Å². The SMILES string of the molecule is Cc1cnc(C(=O)O)nc1-c1ccc(N)cc1. The van der Waals surface area contributed by atoms with Crippen molar-refractivity contribution in [2.75, 3.05) is 5.73 Å². The van der Waals surface area contributed by atoms with Gasteiger partial charge < -0.3 is 10.8 Å². The van der Waals surface area contributed by atoms with Crippen molar-refractivity contribution in [1.82, 2.24) is 9.97 Å². The molecule has 1 aromatic carbocycles. The molecule has 0 unspecified atom stereocenters. The van der Waals surface area contributed by atoms with E-state index in [1.165, 1.54) is 6.20 Å². The molecule has 0 saturated carbocycles. The molecule has 0 bridgehead atoms. The van der Waals surface area contributed by atoms with Gasteiger partial charge in [0.2, 0.25) is 5.82 Å². The first kappa shape index (κ1) is 11.1. The highest BCUT2D eigenvalue weighted by molar-refractivity contribution is 5.84. The zero-order valence-corrected chi connectivity index (χ0v) is 9.21. The van der Waals surface area contributed by atoms with Gasteiger partial charge in [0.05, 0.1) is 5.69 Å². The molecular formula is C12H11N3O2. The van der Waals surface area contributed by atoms with Crippen molar-refractivity contribution in [3.05, 3.63) is 41.9 Å². The lowest BCUT2D eigenvalue weighted by Gasteiger charge is -2.05. The lowest BCUT2D eigenvalue weighted by molar-refractivity contribution is 0.0683. The predicted octanol–water partition coefficient (Wildman–Crippen LogP) is 1.73. The van der Waals surface area contributed by atoms with Gasteiger partial charge in [-0.15, -0.1) is 0 Å². The van der Waals surface area contributed by atoms with E-state index in [0.717, 1.165) is 11.1 Å². The quantitative estimate of drug-likeness (QED) is 0.765. The summed E-state index contributed by atoms with van der Waals surface area (Å²) in [6.45, 7) is 1.83. The van der Waals surface area contributed by atoms with E-state index >= 15 is 0 Å². The van der Waals surface area contributed by atoms with Gasteiger partial charge in [0, 0.05) is 17.4 Å². The number of aromatic carboxylic acids is 1. The Labute approximate surface area is 98.0 Å². The van der Waals surface area contributed by atoms with Crippen molar-refractivity contribution in [3.63, 3.8) is 0 Å². The minimum atomic E-state index is -1.14. The molecular weight excluding hydrogens is 218 g/mol. The Balaban J connectivity index is 2.54. The van der Waals surface area contributed by atoms with Gasteiger partial charge in [-0.2, -0.15) is 0 Å². The van der Waals surface area contributed by atoms with Gasteiger partial charge >= 0.3 is 5.97 Å². The highest BCUT2D eigenvalue weighted by atomic mass is 16.4. The van der Waals surface area contributed by atoms with Crippen LogP contribution in [0.15, 0.2) is 30.5 Å². The van der Waals surface area contributed by atoms with Crippen LogP contribution in [0.25, 0.3) is 11.3 Å². The van der Waals surface area contributed by atoms with Crippen molar-refractivity contribution in [1.29, 1.82) is 0 Å². The molecule has 86 valence electrons. The molecule has 17 heavy (non-hydrogen) atoms. The molecule has 2 rings (SSSR count). The smallest absolute Gasteiger partial charge is 0.373 e. The van der Waals surface area contributed by atoms with Gasteiger partial charge in [-0.25, -0.2) is 14.8 Å². The first-order valence-corrected chi connectivity index (χ1v) is 5.01. The van der Waals surface area contributed by atoms with Crippen LogP contribution in [-0.4, -0.2) is 21.0 Å². The van der Waals surface area contributed by atoms with Gasteiger partial charge in [-0.05, 0) is 24.6 Å². The topological polar surface area (TPSA) is 89.1 Å². The number of aromatic nitrogens is 2. The van der Waals surface area contributed by atoms with Crippen LogP contribution < -0.4 is 5.73 Å². The van der Waals surface area contributed by atoms with Crippen LogP contribution in [0, 0.1) is 6.92 Å². The second kappa shape index (κ2) is 4.21. The number of carboxylic acid groups (broad SMARTS) is 1. The Hall–Kier alpha value is -2.43. The number of benzene rings is 1. The maximum absolute atomic E-state index is 10.8. The summed E-state index contributed by atoms with van der Waals surface area (Å²) in [7, 11) is 0. The molecule has 5 nitrogen and oxygen atoms in total. The molecule has 0 aliphatic rings. The Morgan fingerprint density at radius 1 is 1.29 bits per heavy atom. The Morgan fingerprint density at radius 2 is 1.94 bits per heavy atom. The molecule has 3 N–H and O–H groups in total. The number of nitrogens with two attached hydrogens (primary N) is 1. The molecule has 1 heterocycles. The summed E-state index contributed by atoms with van der Waals surface area (Å²) in [6.07, 6.45) is 1.50. The third kappa shape index (κ3) is 2.23. The van der Waals surface area contributed by atoms with Crippen LogP contribution in [0.3, 0.4) is 0 Å². The number of carbonyl (C=O) groups is 1. The number of anilines is 1. The number of hydrogen-bond donors (Lipinski definition) is 2. The maximum atomic E-state index is 10.8. The molecule has 5 heteroatoms. The largest absolute Gasteiger partial charge is 0.475 e. The molecule has 0 saturated heterocycles. The molecule has 0 atom stereocenters. The first-order chi connectivity index (χ1) is 8.08. The summed E-state index contributed by atoms with van der Waals surface area (Å²) in [4.78, 5) is 18.6. The number of rotatable bonds is 2. The molecule has 0 fully saturated rings. The number of nitrogens with zero attached hydrogens (tertiary/aromatic N) is 2. The molecule has 2 aromatic rings. The van der Waals surface area contributed by atoms with Gasteiger partial charge in [0.15, 0.2) is 0 Å². The number of aryl methyl sites for hydroxylation is 1. The fraction of sp³-hybridized carbons (Fsp3) is 0.0833. The normalized spacial score (nSPS) is 10.2. The van der Waals surface area contributed by atoms with Crippen molar-refractivity contribution in [2.45, 2.75) is 6.92 Å². The van der Waals surface area contributed by atoms with E-state index < -0.39 is 5.97 Å². The lowest BCUT2D eigenvalue weighted by Crippen LogP contribution is -2.05. The predicted molar refractivity (Wildman–Crippen MR) is 63.6 cm³/mol. The van der Waals surface area contributed by atoms with Gasteiger partial charge in [-0.3, -0.25) is 0 Å². The van der Waals surface area contributed by atoms with E-state index in [1.807, 2.05) is 6.92 Å². The first-order valence-electron chi connectivity index (χ1n) is 5.01. The third-order valence-corrected chi connectivity index (χ3v) is 2.35. The second-order valence-electron chi connectivity index (χ2n) is 3.65. The minimum Gasteiger partial charge on any atom is -0.475 e. The maximum Gasteiger partial charge on any atom is 0.373 e. The van der Waals surface area contributed by atoms with Gasteiger partial charge in [0.1, 0.15) is 0 Å². The van der Waals surface area contributed by atoms with E-state index in [0.29, 0.717) is 11.4 Å². The van der Waals surface area contributed by atoms with E-state index in [9.17, 15) is 4.79 Å². The summed E-state index contributed by atoms with van der Waals surface area (Å²) in [5.74, 6) is -1.34. The summed E-state index contributed by atoms with van der Waals surface area (Å²) in [5.41, 5.74) is 8.49. The standard InChI is InChI=1S/C12H11N3O2/c1-7-6-14-11(12(16)17)15-10(7)8-2-4-9(13)5-3-8/h2-6H,13H2,1H3,(H,16,17). The van der Waals surface area contributed by atoms with Crippen molar-refractivity contribution in [3.8, 4) is 11.3 Å². The zero-order valence-electron chi connectivity index (χ0n) is 9.21. The van der Waals surface area contributed by atoms with Crippen LogP contribution in [-0.2, 0) is 0 Å². The highest BCUT2D eigenvalue weighted by Crippen LogP contribution is 2.21. The zero-order chi connectivity index (χ0) is 12.4. The van der Waals surface area contributed by atoms with E-state index in [1.54, 1.807) is 24.3 Å². The van der Waals surface area contributed by atoms with Gasteiger partial charge in [0.25, 0.3) is 0 Å². The second-order valence-corrected chi connectivity index (χ2v) is 3.65. The fourth-order valence-electron chi connectivity index (χ4n) is 1.48. The summed E-state index contributed by atoms with van der Waals surface area (Å²) >= 11 is 0. The molecule has 0 aliphatic heterocycles. The van der Waals surface area contributed by atoms with Crippen molar-refractivity contribution in [2.24, 2.45) is 0 Å². The van der Waals surface area contributed by atoms with Crippen LogP contribution >= 0.6 is 0 Å². The lowest BCUT2D eigenvalue weighted by atomic mass is 10.1. The average molecular weight is 229 g/mol. The molecule has 0 amide bonds. The van der Waals surface area contributed by atoms with Gasteiger partial charge in [-0.1, -0.05) is 12.1 Å². The molecule has 1 aromatic heterocycles. The van der Waals surface area contributed by atoms with Crippen molar-refractivity contribution < 1.29 is 9.90 Å². The Morgan fingerprint density at radius 3 is 2.53 bits per heavy atom. The van der Waals surface area contributed by atoms with Crippen LogP contribution in [0.2, 0.25) is 0 Å². The van der Waals surface area contributed by atoms with E-state index in [-0.39, 0.29) is 5.82 Å². The third-order valence-electron chi connectivity index (χ3n) is 2.35. The van der Waals surface area contributed by atoms with Crippen LogP contribution in [0.1, 0.15) is 16.2 Å². The van der Waals surface area contributed by atoms with Crippen molar-refractivity contribution >= 4 is 11.7 Å². The molecule has 0 aliphatic carbocycles. The van der Waals surface area contributed by atoms with Crippen LogP contribution in [0.4, 0.5) is 5.69 Å². The number of nitrogen functional groups attached to an aromatic ring is 1. The summed E-state index contributed by atoms with van der Waals surface area (Å²) < 4.78 is 0. The number of hydrogen-bond acceptors (Lipinski definition) is 4.